The van der Waals surface area contributed by atoms with Crippen molar-refractivity contribution in [3.8, 4) is 0 Å². The van der Waals surface area contributed by atoms with Crippen molar-refractivity contribution in [1.82, 2.24) is 5.32 Å². The maximum Gasteiger partial charge on any atom is 0.249 e. The molecule has 0 aromatic carbocycles. The topological polar surface area (TPSA) is 189 Å². The van der Waals surface area contributed by atoms with Gasteiger partial charge in [-0.25, -0.2) is 0 Å². The van der Waals surface area contributed by atoms with Gasteiger partial charge in [-0.2, -0.15) is 0 Å². The normalized spacial score (nSPS) is 19.1. The van der Waals surface area contributed by atoms with Gasteiger partial charge in [0.15, 0.2) is 6.29 Å². The Hall–Kier alpha value is -1.15. The van der Waals surface area contributed by atoms with Crippen LogP contribution >= 0.6 is 0 Å². The molecule has 0 spiro atoms. The number of rotatable bonds is 63. The zero-order chi connectivity index (χ0) is 58.9. The predicted octanol–water partition coefficient (Wildman–Crippen LogP) is 17.0. The van der Waals surface area contributed by atoms with Crippen molar-refractivity contribution >= 4 is 5.91 Å². The highest BCUT2D eigenvalue weighted by Gasteiger charge is 2.44. The summed E-state index contributed by atoms with van der Waals surface area (Å²) >= 11 is 0. The fourth-order valence-corrected chi connectivity index (χ4v) is 11.9. The maximum atomic E-state index is 13.2. The van der Waals surface area contributed by atoms with Crippen LogP contribution in [0.5, 0.6) is 0 Å². The lowest BCUT2D eigenvalue weighted by Crippen LogP contribution is -2.60. The van der Waals surface area contributed by atoms with Crippen molar-refractivity contribution in [2.45, 2.75) is 416 Å². The molecular formula is C70H137NO10. The first-order valence-corrected chi connectivity index (χ1v) is 35.6. The summed E-state index contributed by atoms with van der Waals surface area (Å²) in [5.74, 6) is -0.698. The number of ether oxygens (including phenoxy) is 2. The minimum absolute atomic E-state index is 0.260. The molecule has 1 fully saturated rings. The molecule has 1 heterocycles. The smallest absolute Gasteiger partial charge is 0.249 e. The zero-order valence-electron chi connectivity index (χ0n) is 53.3. The number of unbranched alkanes of at least 4 members (excludes halogenated alkanes) is 49. The quantitative estimate of drug-likeness (QED) is 0.0215. The molecular weight excluding hydrogens is 1010 g/mol. The summed E-state index contributed by atoms with van der Waals surface area (Å²) in [6.45, 7) is 3.50. The summed E-state index contributed by atoms with van der Waals surface area (Å²) in [4.78, 5) is 13.2. The summed E-state index contributed by atoms with van der Waals surface area (Å²) in [6, 6.07) is -1.18. The van der Waals surface area contributed by atoms with Crippen LogP contribution in [0.4, 0.5) is 0 Å². The Morgan fingerprint density at radius 2 is 0.728 bits per heavy atom. The largest absolute Gasteiger partial charge is 0.394 e. The Bertz CT molecular complexity index is 1320. The van der Waals surface area contributed by atoms with Crippen molar-refractivity contribution in [2.24, 2.45) is 0 Å². The highest BCUT2D eigenvalue weighted by Crippen LogP contribution is 2.24. The number of carbonyl (C=O) groups is 1. The fraction of sp³-hybridized carbons (Fsp3) is 0.957. The van der Waals surface area contributed by atoms with Gasteiger partial charge in [0.25, 0.3) is 0 Å². The Labute approximate surface area is 500 Å². The van der Waals surface area contributed by atoms with Gasteiger partial charge in [0.1, 0.15) is 36.6 Å². The molecule has 1 aliphatic rings. The molecule has 9 unspecified atom stereocenters. The summed E-state index contributed by atoms with van der Waals surface area (Å²) in [5, 5.41) is 76.4. The molecule has 1 aliphatic heterocycles. The predicted molar refractivity (Wildman–Crippen MR) is 339 cm³/mol. The van der Waals surface area contributed by atoms with E-state index in [0.717, 1.165) is 38.5 Å². The molecule has 0 bridgehead atoms. The zero-order valence-corrected chi connectivity index (χ0v) is 53.3. The number of hydrogen-bond acceptors (Lipinski definition) is 10. The van der Waals surface area contributed by atoms with E-state index in [9.17, 15) is 40.5 Å². The summed E-state index contributed by atoms with van der Waals surface area (Å²) in [6.07, 6.45) is 61.7. The molecule has 0 radical (unpaired) electrons. The van der Waals surface area contributed by atoms with E-state index in [1.54, 1.807) is 0 Å². The van der Waals surface area contributed by atoms with Crippen LogP contribution < -0.4 is 5.32 Å². The maximum absolute atomic E-state index is 13.2. The van der Waals surface area contributed by atoms with Crippen LogP contribution in [0.2, 0.25) is 0 Å². The SMILES string of the molecule is CCCCCCCCCCCCCCCCC/C=C/CCCC(O)C(O)C(COC1OC(CO)C(O)C(O)C1O)NC(=O)C(O)CCCCCCCCCCCCCCCCCCCCCCCCCCCCCCCCCCCC. The molecule has 0 saturated carbocycles. The molecule has 0 aromatic rings. The third-order valence-corrected chi connectivity index (χ3v) is 17.6. The molecule has 0 aliphatic carbocycles. The first-order valence-electron chi connectivity index (χ1n) is 35.6. The van der Waals surface area contributed by atoms with Gasteiger partial charge >= 0.3 is 0 Å². The Morgan fingerprint density at radius 3 is 1.06 bits per heavy atom. The third-order valence-electron chi connectivity index (χ3n) is 17.6. The second-order valence-electron chi connectivity index (χ2n) is 25.3. The standard InChI is InChI=1S/C70H137NO10/c1-3-5-7-9-11-13-15-17-19-21-23-25-26-27-28-29-30-31-32-33-34-35-36-37-38-40-42-44-46-48-50-52-54-56-58-63(74)69(79)71-61(60-80-70-68(78)67(77)66(76)64(59-72)81-70)65(75)62(73)57-55-53-51-49-47-45-43-41-39-24-22-20-18-16-14-12-10-8-6-4-2/h49,51,61-68,70,72-78H,3-48,50,52-60H2,1-2H3,(H,71,79)/b51-49+. The van der Waals surface area contributed by atoms with E-state index in [2.05, 4.69) is 31.3 Å². The van der Waals surface area contributed by atoms with E-state index in [1.165, 1.54) is 283 Å². The van der Waals surface area contributed by atoms with Gasteiger partial charge in [-0.3, -0.25) is 4.79 Å². The minimum atomic E-state index is -1.67. The minimum Gasteiger partial charge on any atom is -0.394 e. The molecule has 482 valence electrons. The van der Waals surface area contributed by atoms with E-state index in [0.29, 0.717) is 12.8 Å². The molecule has 0 aromatic heterocycles. The Kier molecular flexibility index (Phi) is 56.9. The number of allylic oxidation sites excluding steroid dienone is 2. The number of amides is 1. The van der Waals surface area contributed by atoms with Crippen LogP contribution in [0.1, 0.15) is 361 Å². The third kappa shape index (κ3) is 46.7. The first-order chi connectivity index (χ1) is 39.7. The Balaban J connectivity index is 2.16. The number of nitrogens with one attached hydrogen (secondary N) is 1. The summed E-state index contributed by atoms with van der Waals surface area (Å²) in [5.41, 5.74) is 0. The second-order valence-corrected chi connectivity index (χ2v) is 25.3. The molecule has 1 rings (SSSR count). The lowest BCUT2D eigenvalue weighted by molar-refractivity contribution is -0.303. The number of aliphatic hydroxyl groups is 7. The highest BCUT2D eigenvalue weighted by molar-refractivity contribution is 5.80. The van der Waals surface area contributed by atoms with Gasteiger partial charge in [-0.15, -0.1) is 0 Å². The molecule has 8 N–H and O–H groups in total. The van der Waals surface area contributed by atoms with E-state index in [1.807, 2.05) is 0 Å². The van der Waals surface area contributed by atoms with Gasteiger partial charge in [0.2, 0.25) is 5.91 Å². The molecule has 81 heavy (non-hydrogen) atoms. The van der Waals surface area contributed by atoms with Crippen LogP contribution in [0.3, 0.4) is 0 Å². The average Bonchev–Trinajstić information content (AvgIpc) is 3.49. The van der Waals surface area contributed by atoms with Crippen molar-refractivity contribution in [2.75, 3.05) is 13.2 Å². The number of aliphatic hydroxyl groups excluding tert-OH is 7. The number of carbonyl (C=O) groups excluding carboxylic acids is 1. The monoisotopic (exact) mass is 1150 g/mol. The number of hydrogen-bond donors (Lipinski definition) is 8. The van der Waals surface area contributed by atoms with Crippen LogP contribution in [-0.2, 0) is 14.3 Å². The molecule has 1 saturated heterocycles. The van der Waals surface area contributed by atoms with Crippen LogP contribution in [0.15, 0.2) is 12.2 Å². The van der Waals surface area contributed by atoms with Crippen molar-refractivity contribution in [3.63, 3.8) is 0 Å². The fourth-order valence-electron chi connectivity index (χ4n) is 11.9. The van der Waals surface area contributed by atoms with Gasteiger partial charge in [-0.05, 0) is 38.5 Å². The van der Waals surface area contributed by atoms with Gasteiger partial charge in [0.05, 0.1) is 25.4 Å². The lowest BCUT2D eigenvalue weighted by atomic mass is 9.98. The van der Waals surface area contributed by atoms with Crippen LogP contribution in [-0.4, -0.2) is 110 Å². The van der Waals surface area contributed by atoms with Gasteiger partial charge in [-0.1, -0.05) is 334 Å². The summed E-state index contributed by atoms with van der Waals surface area (Å²) < 4.78 is 11.2. The molecule has 11 nitrogen and oxygen atoms in total. The van der Waals surface area contributed by atoms with Crippen molar-refractivity contribution in [3.05, 3.63) is 12.2 Å². The first kappa shape index (κ1) is 77.9. The van der Waals surface area contributed by atoms with Crippen molar-refractivity contribution < 1.29 is 50.0 Å². The Morgan fingerprint density at radius 1 is 0.420 bits per heavy atom. The lowest BCUT2D eigenvalue weighted by Gasteiger charge is -2.40. The van der Waals surface area contributed by atoms with E-state index in [-0.39, 0.29) is 12.8 Å². The highest BCUT2D eigenvalue weighted by atomic mass is 16.7. The average molecular weight is 1150 g/mol. The van der Waals surface area contributed by atoms with E-state index >= 15 is 0 Å². The van der Waals surface area contributed by atoms with E-state index in [4.69, 9.17) is 9.47 Å². The molecule has 11 heteroatoms. The van der Waals surface area contributed by atoms with Crippen LogP contribution in [0, 0.1) is 0 Å². The second kappa shape index (κ2) is 59.2. The van der Waals surface area contributed by atoms with Crippen molar-refractivity contribution in [1.29, 1.82) is 0 Å². The molecule has 1 amide bonds. The van der Waals surface area contributed by atoms with Gasteiger partial charge < -0.3 is 50.5 Å². The molecule has 9 atom stereocenters. The van der Waals surface area contributed by atoms with Crippen LogP contribution in [0.25, 0.3) is 0 Å². The van der Waals surface area contributed by atoms with Gasteiger partial charge in [0, 0.05) is 0 Å². The summed E-state index contributed by atoms with van der Waals surface area (Å²) in [7, 11) is 0. The van der Waals surface area contributed by atoms with E-state index < -0.39 is 74.2 Å².